The van der Waals surface area contributed by atoms with Crippen LogP contribution >= 0.6 is 0 Å². The molecule has 1 rings (SSSR count). The largest absolute Gasteiger partial charge is 0.481 e. The maximum Gasteiger partial charge on any atom is 0.303 e. The molecule has 1 aromatic carbocycles. The molecule has 1 aromatic rings. The first-order valence-electron chi connectivity index (χ1n) is 12.6. The summed E-state index contributed by atoms with van der Waals surface area (Å²) in [6.45, 7) is 4.36. The molecule has 2 unspecified atom stereocenters. The van der Waals surface area contributed by atoms with Crippen molar-refractivity contribution in [2.45, 2.75) is 123 Å². The van der Waals surface area contributed by atoms with Crippen molar-refractivity contribution in [2.24, 2.45) is 0 Å². The van der Waals surface area contributed by atoms with Crippen molar-refractivity contribution in [1.82, 2.24) is 0 Å². The van der Waals surface area contributed by atoms with Crippen LogP contribution in [0.4, 0.5) is 0 Å². The van der Waals surface area contributed by atoms with Gasteiger partial charge in [0.05, 0.1) is 12.7 Å². The number of esters is 1. The molecule has 0 saturated heterocycles. The molecule has 0 spiro atoms. The summed E-state index contributed by atoms with van der Waals surface area (Å²) in [6.07, 6.45) is 13.8. The predicted molar refractivity (Wildman–Crippen MR) is 129 cm³/mol. The molecule has 182 valence electrons. The number of ether oxygens (including phenoxy) is 2. The lowest BCUT2D eigenvalue weighted by molar-refractivity contribution is -0.147. The van der Waals surface area contributed by atoms with Crippen LogP contribution < -0.4 is 0 Å². The molecule has 0 aliphatic heterocycles. The van der Waals surface area contributed by atoms with Gasteiger partial charge in [-0.15, -0.1) is 0 Å². The minimum atomic E-state index is -0.720. The van der Waals surface area contributed by atoms with Gasteiger partial charge in [0, 0.05) is 13.3 Å². The van der Waals surface area contributed by atoms with Gasteiger partial charge in [0.25, 0.3) is 0 Å². The zero-order valence-corrected chi connectivity index (χ0v) is 20.2. The van der Waals surface area contributed by atoms with E-state index in [0.29, 0.717) is 6.61 Å². The molecule has 2 atom stereocenters. The highest BCUT2D eigenvalue weighted by Crippen LogP contribution is 2.19. The van der Waals surface area contributed by atoms with Crippen molar-refractivity contribution in [3.63, 3.8) is 0 Å². The predicted octanol–water partition coefficient (Wildman–Crippen LogP) is 7.07. The average molecular weight is 449 g/mol. The molecule has 0 bridgehead atoms. The number of carboxylic acids is 1. The van der Waals surface area contributed by atoms with Crippen LogP contribution in [-0.2, 0) is 25.7 Å². The monoisotopic (exact) mass is 448 g/mol. The van der Waals surface area contributed by atoms with E-state index in [1.807, 2.05) is 18.2 Å². The maximum atomic E-state index is 11.5. The lowest BCUT2D eigenvalue weighted by atomic mass is 10.0. The van der Waals surface area contributed by atoms with E-state index in [2.05, 4.69) is 19.1 Å². The number of carbonyl (C=O) groups is 2. The highest BCUT2D eigenvalue weighted by molar-refractivity contribution is 5.66. The van der Waals surface area contributed by atoms with Gasteiger partial charge in [0.15, 0.2) is 0 Å². The van der Waals surface area contributed by atoms with E-state index in [0.717, 1.165) is 70.6 Å². The van der Waals surface area contributed by atoms with E-state index < -0.39 is 5.97 Å². The van der Waals surface area contributed by atoms with E-state index in [1.54, 1.807) is 0 Å². The molecular formula is C27H44O5. The van der Waals surface area contributed by atoms with Crippen LogP contribution in [-0.4, -0.2) is 29.3 Å². The topological polar surface area (TPSA) is 72.8 Å². The summed E-state index contributed by atoms with van der Waals surface area (Å²) in [5.41, 5.74) is 1.21. The molecule has 1 N–H and O–H groups in total. The number of carbonyl (C=O) groups excluding carboxylic acids is 1. The van der Waals surface area contributed by atoms with Gasteiger partial charge in [-0.3, -0.25) is 9.59 Å². The van der Waals surface area contributed by atoms with E-state index in [1.165, 1.54) is 25.3 Å². The molecule has 0 aliphatic carbocycles. The van der Waals surface area contributed by atoms with Gasteiger partial charge >= 0.3 is 11.9 Å². The fourth-order valence-electron chi connectivity index (χ4n) is 3.95. The highest BCUT2D eigenvalue weighted by atomic mass is 16.5. The Morgan fingerprint density at radius 3 is 2.00 bits per heavy atom. The Labute approximate surface area is 194 Å². The number of aliphatic carboxylic acids is 1. The van der Waals surface area contributed by atoms with Crippen LogP contribution in [0.15, 0.2) is 30.3 Å². The zero-order valence-electron chi connectivity index (χ0n) is 20.2. The third kappa shape index (κ3) is 15.9. The molecule has 32 heavy (non-hydrogen) atoms. The van der Waals surface area contributed by atoms with Crippen LogP contribution in [0, 0.1) is 0 Å². The Morgan fingerprint density at radius 2 is 1.38 bits per heavy atom. The van der Waals surface area contributed by atoms with Gasteiger partial charge in [-0.05, 0) is 50.5 Å². The van der Waals surface area contributed by atoms with Gasteiger partial charge in [-0.25, -0.2) is 0 Å². The van der Waals surface area contributed by atoms with Crippen molar-refractivity contribution in [3.05, 3.63) is 35.9 Å². The van der Waals surface area contributed by atoms with Gasteiger partial charge in [-0.2, -0.15) is 0 Å². The minimum absolute atomic E-state index is 0.00847. The number of rotatable bonds is 20. The summed E-state index contributed by atoms with van der Waals surface area (Å²) in [5, 5.41) is 8.68. The standard InChI is InChI=1S/C27H44O5/c1-3-4-17-25(31-22-24-15-9-8-10-16-24)18-13-14-20-26(32-23(2)28)19-11-6-5-7-12-21-27(29)30/h8-10,15-16,25-26H,3-7,11-14,17-22H2,1-2H3,(H,29,30). The molecule has 0 saturated carbocycles. The van der Waals surface area contributed by atoms with Crippen LogP contribution in [0.1, 0.15) is 109 Å². The van der Waals surface area contributed by atoms with E-state index in [-0.39, 0.29) is 24.6 Å². The van der Waals surface area contributed by atoms with E-state index in [4.69, 9.17) is 14.6 Å². The average Bonchev–Trinajstić information content (AvgIpc) is 2.77. The van der Waals surface area contributed by atoms with Gasteiger partial charge < -0.3 is 14.6 Å². The number of unbranched alkanes of at least 4 members (excludes halogenated alkanes) is 6. The number of carboxylic acid groups (broad SMARTS) is 1. The van der Waals surface area contributed by atoms with Crippen molar-refractivity contribution in [3.8, 4) is 0 Å². The molecule has 0 radical (unpaired) electrons. The molecule has 0 aromatic heterocycles. The van der Waals surface area contributed by atoms with Crippen LogP contribution in [0.2, 0.25) is 0 Å². The van der Waals surface area contributed by atoms with E-state index in [9.17, 15) is 9.59 Å². The Hall–Kier alpha value is -1.88. The molecule has 0 fully saturated rings. The zero-order chi connectivity index (χ0) is 23.4. The van der Waals surface area contributed by atoms with Crippen LogP contribution in [0.3, 0.4) is 0 Å². The highest BCUT2D eigenvalue weighted by Gasteiger charge is 2.14. The summed E-state index contributed by atoms with van der Waals surface area (Å²) >= 11 is 0. The first kappa shape index (κ1) is 28.2. The van der Waals surface area contributed by atoms with Crippen LogP contribution in [0.5, 0.6) is 0 Å². The third-order valence-corrected chi connectivity index (χ3v) is 5.76. The lowest BCUT2D eigenvalue weighted by Gasteiger charge is -2.20. The number of hydrogen-bond donors (Lipinski definition) is 1. The molecule has 0 heterocycles. The van der Waals surface area contributed by atoms with Crippen molar-refractivity contribution in [1.29, 1.82) is 0 Å². The van der Waals surface area contributed by atoms with Crippen LogP contribution in [0.25, 0.3) is 0 Å². The molecule has 5 nitrogen and oxygen atoms in total. The fourth-order valence-corrected chi connectivity index (χ4v) is 3.95. The van der Waals surface area contributed by atoms with Crippen molar-refractivity contribution < 1.29 is 24.2 Å². The lowest BCUT2D eigenvalue weighted by Crippen LogP contribution is -2.17. The molecular weight excluding hydrogens is 404 g/mol. The Morgan fingerprint density at radius 1 is 0.812 bits per heavy atom. The smallest absolute Gasteiger partial charge is 0.303 e. The Balaban J connectivity index is 2.28. The molecule has 0 aliphatic rings. The maximum absolute atomic E-state index is 11.5. The normalized spacial score (nSPS) is 12.9. The van der Waals surface area contributed by atoms with Gasteiger partial charge in [0.2, 0.25) is 0 Å². The number of hydrogen-bond acceptors (Lipinski definition) is 4. The first-order valence-corrected chi connectivity index (χ1v) is 12.6. The number of benzene rings is 1. The fraction of sp³-hybridized carbons (Fsp3) is 0.704. The van der Waals surface area contributed by atoms with Gasteiger partial charge in [-0.1, -0.05) is 75.8 Å². The summed E-state index contributed by atoms with van der Waals surface area (Å²) < 4.78 is 11.7. The molecule has 0 amide bonds. The second-order valence-corrected chi connectivity index (χ2v) is 8.78. The minimum Gasteiger partial charge on any atom is -0.481 e. The second kappa shape index (κ2) is 18.7. The summed E-state index contributed by atoms with van der Waals surface area (Å²) in [4.78, 5) is 22.0. The third-order valence-electron chi connectivity index (χ3n) is 5.76. The molecule has 5 heteroatoms. The summed E-state index contributed by atoms with van der Waals surface area (Å²) in [7, 11) is 0. The summed E-state index contributed by atoms with van der Waals surface area (Å²) in [5.74, 6) is -0.925. The van der Waals surface area contributed by atoms with Gasteiger partial charge in [0.1, 0.15) is 6.10 Å². The van der Waals surface area contributed by atoms with Crippen molar-refractivity contribution >= 4 is 11.9 Å². The quantitative estimate of drug-likeness (QED) is 0.171. The SMILES string of the molecule is CCCCC(CCCCC(CCCCCCCC(=O)O)OC(C)=O)OCc1ccccc1. The Kier molecular flexibility index (Phi) is 16.4. The van der Waals surface area contributed by atoms with Crippen molar-refractivity contribution in [2.75, 3.05) is 0 Å². The first-order chi connectivity index (χ1) is 15.5. The van der Waals surface area contributed by atoms with E-state index >= 15 is 0 Å². The second-order valence-electron chi connectivity index (χ2n) is 8.78. The summed E-state index contributed by atoms with van der Waals surface area (Å²) in [6, 6.07) is 10.3. The Bertz CT molecular complexity index is 601.